The summed E-state index contributed by atoms with van der Waals surface area (Å²) < 4.78 is 44.0. The van der Waals surface area contributed by atoms with Crippen LogP contribution in [-0.4, -0.2) is 132 Å². The number of carbonyl (C=O) groups excluding carboxylic acids is 7. The first-order valence-corrected chi connectivity index (χ1v) is 27.8. The number of ether oxygens (including phenoxy) is 2. The molecule has 0 aliphatic carbocycles. The van der Waals surface area contributed by atoms with Crippen LogP contribution < -0.4 is 58.2 Å². The average molecular weight is 1320 g/mol. The molecule has 33 heteroatoms. The molecule has 92 heavy (non-hydrogen) atoms. The van der Waals surface area contributed by atoms with Crippen molar-refractivity contribution in [2.75, 3.05) is 7.05 Å². The summed E-state index contributed by atoms with van der Waals surface area (Å²) in [5.41, 5.74) is 10.5. The number of carboxylic acids is 2. The molecule has 5 aliphatic rings. The lowest BCUT2D eigenvalue weighted by atomic mass is 9.89. The highest BCUT2D eigenvalue weighted by molar-refractivity contribution is 6.32. The molecule has 5 aliphatic heterocycles. The summed E-state index contributed by atoms with van der Waals surface area (Å²) in [6, 6.07) is 7.24. The lowest BCUT2D eigenvalue weighted by molar-refractivity contribution is -0.192. The zero-order valence-electron chi connectivity index (χ0n) is 47.2. The Morgan fingerprint density at radius 3 is 1.77 bits per heavy atom. The predicted octanol–water partition coefficient (Wildman–Crippen LogP) is 2.68. The maximum absolute atomic E-state index is 15.4. The molecule has 0 saturated heterocycles. The van der Waals surface area contributed by atoms with Gasteiger partial charge >= 0.3 is 18.1 Å². The van der Waals surface area contributed by atoms with Gasteiger partial charge in [-0.3, -0.25) is 33.6 Å². The normalized spacial score (nSPS) is 20.9. The molecule has 9 atom stereocenters. The molecule has 0 spiro atoms. The number of phenolic OH excluding ortho intramolecular Hbond substituents is 4. The fraction of sp³-hybridized carbons (Fsp3) is 0.237. The van der Waals surface area contributed by atoms with Gasteiger partial charge in [0.1, 0.15) is 71.2 Å². The number of aromatic hydroxyl groups is 4. The Kier molecular flexibility index (Phi) is 20.4. The van der Waals surface area contributed by atoms with E-state index in [4.69, 9.17) is 54.0 Å². The Balaban J connectivity index is 0.00000147. The number of rotatable bonds is 9. The molecule has 0 fully saturated rings. The van der Waals surface area contributed by atoms with E-state index in [1.165, 1.54) is 31.3 Å². The van der Waals surface area contributed by atoms with E-state index in [1.54, 1.807) is 24.3 Å². The number of carboxylic acid groups (broad SMARTS) is 2. The maximum atomic E-state index is 15.4. The first-order chi connectivity index (χ1) is 43.4. The SMILES string of the molecule is CN[C@H](Cc1cccc(CN)c1)C(=O)N[C@H]1C(=O)N[C@@H](CC(N)=O)C(=O)N[C@H]2C(=O)N[C@H]3C(=O)N[C@H](C(=O)N[C@H](C(=O)O)c4cc(O)cc(O)c4-c4cc3ccc4O)[C@H](O)c3ccc(c(Cl)c3)Oc3cc2cc(c3O)Oc2ccc(cc2Cl)[C@H]1O.O=C(O)C(F)(F)F. The van der Waals surface area contributed by atoms with Crippen LogP contribution in [0.4, 0.5) is 13.2 Å². The van der Waals surface area contributed by atoms with Crippen molar-refractivity contribution in [3.8, 4) is 57.1 Å². The molecule has 0 radical (unpaired) electrons. The van der Waals surface area contributed by atoms with Gasteiger partial charge in [0.2, 0.25) is 47.1 Å². The number of hydrogen-bond acceptors (Lipinski definition) is 19. The summed E-state index contributed by atoms with van der Waals surface area (Å²) in [5.74, 6) is -17.9. The minimum Gasteiger partial charge on any atom is -0.508 e. The van der Waals surface area contributed by atoms with Gasteiger partial charge in [0.05, 0.1) is 22.5 Å². The number of nitrogens with one attached hydrogen (secondary N) is 7. The van der Waals surface area contributed by atoms with E-state index in [2.05, 4.69) is 37.2 Å². The molecular formula is C59H54Cl2F3N9O19. The summed E-state index contributed by atoms with van der Waals surface area (Å²) in [4.78, 5) is 123. The molecule has 0 aromatic heterocycles. The third-order valence-electron chi connectivity index (χ3n) is 14.5. The number of phenols is 4. The zero-order chi connectivity index (χ0) is 67.4. The first kappa shape index (κ1) is 67.5. The van der Waals surface area contributed by atoms with E-state index in [-0.39, 0.29) is 56.8 Å². The van der Waals surface area contributed by atoms with Crippen LogP contribution in [0.25, 0.3) is 11.1 Å². The molecular weight excluding hydrogens is 1270 g/mol. The number of primary amides is 1. The minimum atomic E-state index is -5.08. The second-order valence-corrected chi connectivity index (χ2v) is 21.6. The van der Waals surface area contributed by atoms with E-state index in [9.17, 15) is 77.7 Å². The number of hydrogen-bond donors (Lipinski definition) is 17. The average Bonchev–Trinajstić information content (AvgIpc) is 0.784. The van der Waals surface area contributed by atoms with Crippen LogP contribution >= 0.6 is 23.2 Å². The van der Waals surface area contributed by atoms with Gasteiger partial charge in [0.15, 0.2) is 17.5 Å². The van der Waals surface area contributed by atoms with Gasteiger partial charge in [-0.2, -0.15) is 13.2 Å². The number of carbonyl (C=O) groups is 9. The fourth-order valence-electron chi connectivity index (χ4n) is 9.96. The van der Waals surface area contributed by atoms with Gasteiger partial charge in [-0.1, -0.05) is 65.7 Å². The second-order valence-electron chi connectivity index (χ2n) is 20.8. The van der Waals surface area contributed by atoms with Crippen LogP contribution in [0.5, 0.6) is 46.0 Å². The number of benzene rings is 6. The minimum absolute atomic E-state index is 0.0537. The Labute approximate surface area is 526 Å². The molecule has 19 N–H and O–H groups in total. The smallest absolute Gasteiger partial charge is 0.490 e. The monoisotopic (exact) mass is 1320 g/mol. The molecule has 0 saturated carbocycles. The third kappa shape index (κ3) is 15.1. The molecule has 7 amide bonds. The van der Waals surface area contributed by atoms with Crippen LogP contribution in [0.2, 0.25) is 10.0 Å². The second kappa shape index (κ2) is 27.7. The Morgan fingerprint density at radius 2 is 1.21 bits per heavy atom. The van der Waals surface area contributed by atoms with Crippen LogP contribution in [0.3, 0.4) is 0 Å². The summed E-state index contributed by atoms with van der Waals surface area (Å²) in [7, 11) is 1.47. The Morgan fingerprint density at radius 1 is 0.641 bits per heavy atom. The number of nitrogens with two attached hydrogens (primary N) is 2. The van der Waals surface area contributed by atoms with Crippen molar-refractivity contribution >= 4 is 76.5 Å². The van der Waals surface area contributed by atoms with Crippen LogP contribution in [0.15, 0.2) is 103 Å². The summed E-state index contributed by atoms with van der Waals surface area (Å²) >= 11 is 13.6. The van der Waals surface area contributed by atoms with E-state index in [0.29, 0.717) is 5.56 Å². The van der Waals surface area contributed by atoms with E-state index in [1.807, 2.05) is 0 Å². The van der Waals surface area contributed by atoms with Crippen LogP contribution in [0.1, 0.15) is 75.7 Å². The van der Waals surface area contributed by atoms with Crippen LogP contribution in [-0.2, 0) is 56.1 Å². The summed E-state index contributed by atoms with van der Waals surface area (Å²) in [6.45, 7) is 0.199. The summed E-state index contributed by atoms with van der Waals surface area (Å²) in [5, 5.41) is 104. The molecule has 6 aromatic carbocycles. The van der Waals surface area contributed by atoms with Gasteiger partial charge in [-0.05, 0) is 101 Å². The van der Waals surface area contributed by atoms with Gasteiger partial charge in [0, 0.05) is 29.3 Å². The third-order valence-corrected chi connectivity index (χ3v) is 15.1. The molecule has 0 unspecified atom stereocenters. The number of aliphatic hydroxyl groups excluding tert-OH is 2. The number of aliphatic carboxylic acids is 2. The quantitative estimate of drug-likeness (QED) is 0.0989. The van der Waals surface area contributed by atoms with Crippen molar-refractivity contribution in [2.24, 2.45) is 11.5 Å². The highest BCUT2D eigenvalue weighted by Crippen LogP contribution is 2.48. The van der Waals surface area contributed by atoms with Crippen molar-refractivity contribution in [3.63, 3.8) is 0 Å². The number of likely N-dealkylation sites (N-methyl/N-ethyl adjacent to an activating group) is 1. The highest BCUT2D eigenvalue weighted by atomic mass is 35.5. The molecule has 6 aromatic rings. The standard InChI is InChI=1S/C57H53Cl2N9O17.C2HF3O2/c1-62-33(12-22-3-2-4-23(11-22)21-60)51(76)67-46-48(73)25-6-9-37(31(58)14-25)84-39-16-27-17-40(50(39)75)85-38-10-7-26(15-32(38)59)49(74)47-56(81)66-45(57(82)83)30-18-28(69)19-36(71)42(30)29-13-24(5-8-35(29)70)43(53(78)68-47)65-54(79)44(27)64-52(77)34(20-41(61)72)63-55(46)80;3-2(4,5)1(6)7/h2-11,13-19,33-34,43-49,62,69-71,73-75H,12,20-21,60H2,1H3,(H2,61,72)(H,63,80)(H,64,77)(H,65,79)(H,66,81)(H,67,76)(H,68,78)(H,82,83);(H,6,7)/t33-,34+,43-,44-,45+,46-,47+,48-,49-;/m1./s1. The Hall–Kier alpha value is -10.4. The Bertz CT molecular complexity index is 3970. The topological polar surface area (TPSA) is 470 Å². The fourth-order valence-corrected chi connectivity index (χ4v) is 10.4. The molecule has 28 nitrogen and oxygen atoms in total. The predicted molar refractivity (Wildman–Crippen MR) is 312 cm³/mol. The number of amides is 7. The lowest BCUT2D eigenvalue weighted by Crippen LogP contribution is -2.59. The maximum Gasteiger partial charge on any atom is 0.490 e. The van der Waals surface area contributed by atoms with Gasteiger partial charge < -0.3 is 99.0 Å². The van der Waals surface area contributed by atoms with Crippen LogP contribution in [0, 0.1) is 0 Å². The van der Waals surface area contributed by atoms with Gasteiger partial charge in [-0.15, -0.1) is 0 Å². The number of aliphatic hydroxyl groups is 2. The zero-order valence-corrected chi connectivity index (χ0v) is 48.8. The van der Waals surface area contributed by atoms with E-state index >= 15 is 9.59 Å². The van der Waals surface area contributed by atoms with E-state index in [0.717, 1.165) is 60.2 Å². The number of fused-ring (bicyclic) bond motifs is 15. The largest absolute Gasteiger partial charge is 0.508 e. The van der Waals surface area contributed by atoms with Gasteiger partial charge in [-0.25, -0.2) is 9.59 Å². The van der Waals surface area contributed by atoms with Crippen molar-refractivity contribution in [2.45, 2.75) is 80.1 Å². The van der Waals surface area contributed by atoms with E-state index < -0.39 is 172 Å². The van der Waals surface area contributed by atoms with Gasteiger partial charge in [0.25, 0.3) is 0 Å². The summed E-state index contributed by atoms with van der Waals surface area (Å²) in [6.07, 6.45) is -10.1. The van der Waals surface area contributed by atoms with Crippen molar-refractivity contribution in [3.05, 3.63) is 152 Å². The van der Waals surface area contributed by atoms with Crippen molar-refractivity contribution < 1.29 is 107 Å². The number of alkyl halides is 3. The number of halogens is 5. The van der Waals surface area contributed by atoms with Crippen molar-refractivity contribution in [1.82, 2.24) is 37.2 Å². The van der Waals surface area contributed by atoms with Crippen molar-refractivity contribution in [1.29, 1.82) is 0 Å². The highest BCUT2D eigenvalue weighted by Gasteiger charge is 2.42. The first-order valence-electron chi connectivity index (χ1n) is 27.0. The lowest BCUT2D eigenvalue weighted by Gasteiger charge is -2.31. The molecule has 11 rings (SSSR count). The molecule has 5 heterocycles. The molecule has 484 valence electrons. The molecule has 11 bridgehead atoms.